The zero-order valence-corrected chi connectivity index (χ0v) is 8.86. The number of aromatic nitrogens is 2. The van der Waals surface area contributed by atoms with Crippen molar-refractivity contribution in [3.8, 4) is 0 Å². The van der Waals surface area contributed by atoms with Crippen molar-refractivity contribution < 1.29 is 4.79 Å². The number of amides is 1. The molecule has 1 saturated heterocycles. The summed E-state index contributed by atoms with van der Waals surface area (Å²) in [4.78, 5) is 11.6. The van der Waals surface area contributed by atoms with Gasteiger partial charge in [0.2, 0.25) is 0 Å². The van der Waals surface area contributed by atoms with E-state index in [1.807, 2.05) is 0 Å². The van der Waals surface area contributed by atoms with Gasteiger partial charge >= 0.3 is 0 Å². The number of nitrogens with one attached hydrogen (secondary N) is 2. The first kappa shape index (κ1) is 10.2. The van der Waals surface area contributed by atoms with Crippen LogP contribution in [0.3, 0.4) is 0 Å². The largest absolute Gasteiger partial charge is 0.350 e. The van der Waals surface area contributed by atoms with Crippen molar-refractivity contribution in [2.75, 3.05) is 13.1 Å². The van der Waals surface area contributed by atoms with Gasteiger partial charge in [-0.2, -0.15) is 5.10 Å². The van der Waals surface area contributed by atoms with Crippen LogP contribution in [0.2, 0.25) is 0 Å². The molecule has 1 atom stereocenters. The molecule has 15 heavy (non-hydrogen) atoms. The molecule has 0 aliphatic carbocycles. The number of carbonyl (C=O) groups is 1. The van der Waals surface area contributed by atoms with Gasteiger partial charge in [-0.1, -0.05) is 0 Å². The molecule has 1 aliphatic heterocycles. The van der Waals surface area contributed by atoms with Crippen molar-refractivity contribution in [1.82, 2.24) is 20.4 Å². The second-order valence-electron chi connectivity index (χ2n) is 3.91. The fourth-order valence-electron chi connectivity index (χ4n) is 1.79. The summed E-state index contributed by atoms with van der Waals surface area (Å²) >= 11 is 0. The Labute approximate surface area is 88.8 Å². The Morgan fingerprint density at radius 1 is 1.80 bits per heavy atom. The van der Waals surface area contributed by atoms with E-state index in [1.54, 1.807) is 24.1 Å². The summed E-state index contributed by atoms with van der Waals surface area (Å²) in [7, 11) is 1.80. The summed E-state index contributed by atoms with van der Waals surface area (Å²) in [5, 5.41) is 10.2. The van der Waals surface area contributed by atoms with Gasteiger partial charge in [-0.15, -0.1) is 0 Å². The van der Waals surface area contributed by atoms with Crippen molar-refractivity contribution in [3.63, 3.8) is 0 Å². The fraction of sp³-hybridized carbons (Fsp3) is 0.600. The van der Waals surface area contributed by atoms with E-state index in [0.717, 1.165) is 13.0 Å². The molecule has 5 heteroatoms. The molecule has 1 fully saturated rings. The standard InChI is InChI=1S/C10H16N4O/c1-14-7-8(5-13-14)10(15)12-6-9-3-2-4-11-9/h5,7,9,11H,2-4,6H2,1H3,(H,12,15)/t9-/m0/s1. The molecule has 0 radical (unpaired) electrons. The van der Waals surface area contributed by atoms with Gasteiger partial charge in [0.15, 0.2) is 0 Å². The Morgan fingerprint density at radius 3 is 3.27 bits per heavy atom. The van der Waals surface area contributed by atoms with E-state index in [9.17, 15) is 4.79 Å². The van der Waals surface area contributed by atoms with Gasteiger partial charge < -0.3 is 10.6 Å². The van der Waals surface area contributed by atoms with Crippen LogP contribution >= 0.6 is 0 Å². The molecule has 0 saturated carbocycles. The first-order valence-corrected chi connectivity index (χ1v) is 5.26. The molecule has 0 bridgehead atoms. The molecular formula is C10H16N4O. The minimum absolute atomic E-state index is 0.0446. The van der Waals surface area contributed by atoms with Crippen LogP contribution in [0.5, 0.6) is 0 Å². The number of rotatable bonds is 3. The average molecular weight is 208 g/mol. The van der Waals surface area contributed by atoms with E-state index in [1.165, 1.54) is 6.42 Å². The molecular weight excluding hydrogens is 192 g/mol. The zero-order valence-electron chi connectivity index (χ0n) is 8.86. The first-order valence-electron chi connectivity index (χ1n) is 5.26. The summed E-state index contributed by atoms with van der Waals surface area (Å²) in [6, 6.07) is 0.436. The highest BCUT2D eigenvalue weighted by Crippen LogP contribution is 2.03. The molecule has 2 N–H and O–H groups in total. The molecule has 82 valence electrons. The number of carbonyl (C=O) groups excluding carboxylic acids is 1. The number of nitrogens with zero attached hydrogens (tertiary/aromatic N) is 2. The molecule has 1 aromatic heterocycles. The molecule has 2 rings (SSSR count). The van der Waals surface area contributed by atoms with Crippen LogP contribution in [0.15, 0.2) is 12.4 Å². The Morgan fingerprint density at radius 2 is 2.67 bits per heavy atom. The number of hydrogen-bond donors (Lipinski definition) is 2. The van der Waals surface area contributed by atoms with Crippen LogP contribution in [0, 0.1) is 0 Å². The second-order valence-corrected chi connectivity index (χ2v) is 3.91. The van der Waals surface area contributed by atoms with E-state index in [-0.39, 0.29) is 5.91 Å². The van der Waals surface area contributed by atoms with Crippen molar-refractivity contribution in [2.24, 2.45) is 7.05 Å². The predicted octanol–water partition coefficient (Wildman–Crippen LogP) is -0.0981. The quantitative estimate of drug-likeness (QED) is 0.729. The molecule has 0 unspecified atom stereocenters. The normalized spacial score (nSPS) is 20.5. The molecule has 5 nitrogen and oxygen atoms in total. The molecule has 2 heterocycles. The molecule has 1 amide bonds. The Balaban J connectivity index is 1.81. The SMILES string of the molecule is Cn1cc(C(=O)NC[C@@H]2CCCN2)cn1. The lowest BCUT2D eigenvalue weighted by Gasteiger charge is -2.10. The monoisotopic (exact) mass is 208 g/mol. The zero-order chi connectivity index (χ0) is 10.7. The van der Waals surface area contributed by atoms with Crippen LogP contribution < -0.4 is 10.6 Å². The summed E-state index contributed by atoms with van der Waals surface area (Å²) in [6.45, 7) is 1.77. The van der Waals surface area contributed by atoms with Crippen molar-refractivity contribution in [1.29, 1.82) is 0 Å². The maximum absolute atomic E-state index is 11.6. The maximum Gasteiger partial charge on any atom is 0.254 e. The molecule has 1 aromatic rings. The van der Waals surface area contributed by atoms with Gasteiger partial charge in [0.25, 0.3) is 5.91 Å². The number of aryl methyl sites for hydroxylation is 1. The van der Waals surface area contributed by atoms with Gasteiger partial charge in [0.05, 0.1) is 11.8 Å². The van der Waals surface area contributed by atoms with Gasteiger partial charge in [0, 0.05) is 25.8 Å². The molecule has 0 aromatic carbocycles. The number of hydrogen-bond acceptors (Lipinski definition) is 3. The Bertz CT molecular complexity index is 341. The lowest BCUT2D eigenvalue weighted by Crippen LogP contribution is -2.37. The summed E-state index contributed by atoms with van der Waals surface area (Å²) < 4.78 is 1.63. The fourth-order valence-corrected chi connectivity index (χ4v) is 1.79. The van der Waals surface area contributed by atoms with E-state index < -0.39 is 0 Å². The first-order chi connectivity index (χ1) is 7.25. The lowest BCUT2D eigenvalue weighted by molar-refractivity contribution is 0.0950. The van der Waals surface area contributed by atoms with Crippen LogP contribution in [-0.4, -0.2) is 34.8 Å². The van der Waals surface area contributed by atoms with Gasteiger partial charge in [0.1, 0.15) is 0 Å². The van der Waals surface area contributed by atoms with Gasteiger partial charge in [-0.3, -0.25) is 9.48 Å². The van der Waals surface area contributed by atoms with Crippen LogP contribution in [-0.2, 0) is 7.05 Å². The van der Waals surface area contributed by atoms with E-state index in [2.05, 4.69) is 15.7 Å². The van der Waals surface area contributed by atoms with Crippen LogP contribution in [0.1, 0.15) is 23.2 Å². The van der Waals surface area contributed by atoms with E-state index >= 15 is 0 Å². The summed E-state index contributed by atoms with van der Waals surface area (Å²) in [5.74, 6) is -0.0446. The Kier molecular flexibility index (Phi) is 3.01. The molecule has 1 aliphatic rings. The van der Waals surface area contributed by atoms with Crippen molar-refractivity contribution in [3.05, 3.63) is 18.0 Å². The highest BCUT2D eigenvalue weighted by atomic mass is 16.1. The highest BCUT2D eigenvalue weighted by molar-refractivity contribution is 5.93. The predicted molar refractivity (Wildman–Crippen MR) is 56.6 cm³/mol. The third-order valence-corrected chi connectivity index (χ3v) is 2.64. The summed E-state index contributed by atoms with van der Waals surface area (Å²) in [5.41, 5.74) is 0.621. The smallest absolute Gasteiger partial charge is 0.254 e. The summed E-state index contributed by atoms with van der Waals surface area (Å²) in [6.07, 6.45) is 5.65. The van der Waals surface area contributed by atoms with Gasteiger partial charge in [-0.05, 0) is 19.4 Å². The van der Waals surface area contributed by atoms with Crippen LogP contribution in [0.25, 0.3) is 0 Å². The Hall–Kier alpha value is -1.36. The van der Waals surface area contributed by atoms with Gasteiger partial charge in [-0.25, -0.2) is 0 Å². The van der Waals surface area contributed by atoms with Crippen molar-refractivity contribution in [2.45, 2.75) is 18.9 Å². The minimum Gasteiger partial charge on any atom is -0.350 e. The lowest BCUT2D eigenvalue weighted by atomic mass is 10.2. The second kappa shape index (κ2) is 4.44. The minimum atomic E-state index is -0.0446. The molecule has 0 spiro atoms. The third kappa shape index (κ3) is 2.56. The maximum atomic E-state index is 11.6. The average Bonchev–Trinajstić information content (AvgIpc) is 2.84. The van der Waals surface area contributed by atoms with Crippen molar-refractivity contribution >= 4 is 5.91 Å². The topological polar surface area (TPSA) is 59.0 Å². The van der Waals surface area contributed by atoms with Crippen LogP contribution in [0.4, 0.5) is 0 Å². The van der Waals surface area contributed by atoms with E-state index in [0.29, 0.717) is 18.2 Å². The van der Waals surface area contributed by atoms with E-state index in [4.69, 9.17) is 0 Å². The highest BCUT2D eigenvalue weighted by Gasteiger charge is 2.15. The third-order valence-electron chi connectivity index (χ3n) is 2.64.